The highest BCUT2D eigenvalue weighted by molar-refractivity contribution is 8.00. The van der Waals surface area contributed by atoms with Crippen molar-refractivity contribution in [2.75, 3.05) is 5.32 Å². The number of tetrazole rings is 1. The first-order valence-corrected chi connectivity index (χ1v) is 9.22. The highest BCUT2D eigenvalue weighted by Gasteiger charge is 2.19. The lowest BCUT2D eigenvalue weighted by atomic mass is 10.1. The van der Waals surface area contributed by atoms with Gasteiger partial charge in [0.1, 0.15) is 0 Å². The molecule has 0 radical (unpaired) electrons. The van der Waals surface area contributed by atoms with Crippen molar-refractivity contribution in [3.8, 4) is 5.69 Å². The lowest BCUT2D eigenvalue weighted by Gasteiger charge is -2.13. The molecule has 0 fully saturated rings. The van der Waals surface area contributed by atoms with Crippen LogP contribution in [-0.4, -0.2) is 31.4 Å². The fraction of sp³-hybridized carbons (Fsp3) is 0.263. The molecule has 1 N–H and O–H groups in total. The maximum atomic E-state index is 12.6. The first-order chi connectivity index (χ1) is 12.4. The molecule has 1 heterocycles. The Labute approximate surface area is 157 Å². The summed E-state index contributed by atoms with van der Waals surface area (Å²) < 4.78 is 1.64. The average molecular weight is 367 g/mol. The number of benzene rings is 2. The minimum absolute atomic E-state index is 0.0830. The molecule has 0 bridgehead atoms. The number of nitrogens with zero attached hydrogens (tertiary/aromatic N) is 4. The molecule has 7 heteroatoms. The van der Waals surface area contributed by atoms with E-state index in [0.29, 0.717) is 5.16 Å². The molecule has 0 aliphatic rings. The average Bonchev–Trinajstić information content (AvgIpc) is 3.06. The normalized spacial score (nSPS) is 12.0. The Morgan fingerprint density at radius 3 is 2.46 bits per heavy atom. The maximum absolute atomic E-state index is 12.6. The van der Waals surface area contributed by atoms with Crippen molar-refractivity contribution in [3.63, 3.8) is 0 Å². The molecule has 0 aliphatic carbocycles. The first-order valence-electron chi connectivity index (χ1n) is 8.34. The summed E-state index contributed by atoms with van der Waals surface area (Å²) in [7, 11) is 0. The van der Waals surface area contributed by atoms with Gasteiger partial charge in [-0.05, 0) is 61.9 Å². The molecule has 0 aliphatic heterocycles. The van der Waals surface area contributed by atoms with Gasteiger partial charge in [-0.2, -0.15) is 4.68 Å². The smallest absolute Gasteiger partial charge is 0.237 e. The Bertz CT molecular complexity index is 920. The number of rotatable bonds is 5. The van der Waals surface area contributed by atoms with E-state index in [1.807, 2.05) is 70.2 Å². The van der Waals surface area contributed by atoms with Gasteiger partial charge in [-0.1, -0.05) is 47.2 Å². The summed E-state index contributed by atoms with van der Waals surface area (Å²) in [6.45, 7) is 7.89. The molecule has 3 aromatic rings. The van der Waals surface area contributed by atoms with Crippen molar-refractivity contribution in [2.24, 2.45) is 0 Å². The maximum Gasteiger partial charge on any atom is 0.237 e. The number of amides is 1. The second-order valence-corrected chi connectivity index (χ2v) is 7.58. The SMILES string of the molecule is Cc1ccc(-n2nnnc2SC(C)C(=O)Nc2ccc(C)cc2C)cc1. The van der Waals surface area contributed by atoms with Crippen LogP contribution in [0.2, 0.25) is 0 Å². The molecular formula is C19H21N5OS. The lowest BCUT2D eigenvalue weighted by molar-refractivity contribution is -0.115. The molecule has 26 heavy (non-hydrogen) atoms. The molecule has 0 spiro atoms. The van der Waals surface area contributed by atoms with E-state index in [1.165, 1.54) is 17.3 Å². The first kappa shape index (κ1) is 18.1. The van der Waals surface area contributed by atoms with Crippen molar-refractivity contribution < 1.29 is 4.79 Å². The standard InChI is InChI=1S/C19H21N5OS/c1-12-5-8-16(9-6-12)24-19(21-22-23-24)26-15(4)18(25)20-17-10-7-13(2)11-14(17)3/h5-11,15H,1-4H3,(H,20,25). The molecule has 0 saturated heterocycles. The van der Waals surface area contributed by atoms with Crippen LogP contribution in [0.4, 0.5) is 5.69 Å². The minimum atomic E-state index is -0.342. The largest absolute Gasteiger partial charge is 0.325 e. The van der Waals surface area contributed by atoms with E-state index < -0.39 is 0 Å². The monoisotopic (exact) mass is 367 g/mol. The van der Waals surface area contributed by atoms with Crippen LogP contribution >= 0.6 is 11.8 Å². The van der Waals surface area contributed by atoms with Gasteiger partial charge in [0.05, 0.1) is 10.9 Å². The minimum Gasteiger partial charge on any atom is -0.325 e. The molecule has 3 rings (SSSR count). The van der Waals surface area contributed by atoms with E-state index >= 15 is 0 Å². The number of anilines is 1. The highest BCUT2D eigenvalue weighted by atomic mass is 32.2. The number of carbonyl (C=O) groups excluding carboxylic acids is 1. The van der Waals surface area contributed by atoms with Crippen LogP contribution in [0.5, 0.6) is 0 Å². The van der Waals surface area contributed by atoms with Crippen LogP contribution in [-0.2, 0) is 4.79 Å². The number of aromatic nitrogens is 4. The second-order valence-electron chi connectivity index (χ2n) is 6.28. The molecular weight excluding hydrogens is 346 g/mol. The predicted molar refractivity (Wildman–Crippen MR) is 104 cm³/mol. The summed E-state index contributed by atoms with van der Waals surface area (Å²) >= 11 is 1.33. The summed E-state index contributed by atoms with van der Waals surface area (Å²) in [4.78, 5) is 12.6. The topological polar surface area (TPSA) is 72.7 Å². The Morgan fingerprint density at radius 2 is 1.77 bits per heavy atom. The summed E-state index contributed by atoms with van der Waals surface area (Å²) in [5.74, 6) is -0.0830. The Kier molecular flexibility index (Phi) is 5.37. The van der Waals surface area contributed by atoms with Crippen molar-refractivity contribution in [1.29, 1.82) is 0 Å². The number of hydrogen-bond donors (Lipinski definition) is 1. The zero-order valence-electron chi connectivity index (χ0n) is 15.2. The molecule has 6 nitrogen and oxygen atoms in total. The molecule has 1 unspecified atom stereocenters. The predicted octanol–water partition coefficient (Wildman–Crippen LogP) is 3.71. The summed E-state index contributed by atoms with van der Waals surface area (Å²) in [5, 5.41) is 15.1. The van der Waals surface area contributed by atoms with E-state index in [9.17, 15) is 4.79 Å². The van der Waals surface area contributed by atoms with Crippen LogP contribution < -0.4 is 5.32 Å². The quantitative estimate of drug-likeness (QED) is 0.696. The van der Waals surface area contributed by atoms with E-state index in [1.54, 1.807) is 4.68 Å². The second kappa shape index (κ2) is 7.70. The third-order valence-electron chi connectivity index (χ3n) is 4.01. The van der Waals surface area contributed by atoms with E-state index in [4.69, 9.17) is 0 Å². The summed E-state index contributed by atoms with van der Waals surface area (Å²) in [5.41, 5.74) is 5.06. The number of aryl methyl sites for hydroxylation is 3. The fourth-order valence-electron chi connectivity index (χ4n) is 2.50. The van der Waals surface area contributed by atoms with Gasteiger partial charge < -0.3 is 5.32 Å². The van der Waals surface area contributed by atoms with E-state index in [-0.39, 0.29) is 11.2 Å². The van der Waals surface area contributed by atoms with Crippen LogP contribution in [0, 0.1) is 20.8 Å². The van der Waals surface area contributed by atoms with E-state index in [2.05, 4.69) is 20.8 Å². The summed E-state index contributed by atoms with van der Waals surface area (Å²) in [6, 6.07) is 13.9. The molecule has 2 aromatic carbocycles. The molecule has 0 saturated carbocycles. The van der Waals surface area contributed by atoms with Crippen LogP contribution in [0.3, 0.4) is 0 Å². The van der Waals surface area contributed by atoms with Gasteiger partial charge >= 0.3 is 0 Å². The molecule has 1 amide bonds. The number of nitrogens with one attached hydrogen (secondary N) is 1. The highest BCUT2D eigenvalue weighted by Crippen LogP contribution is 2.25. The van der Waals surface area contributed by atoms with Gasteiger partial charge in [-0.3, -0.25) is 4.79 Å². The number of thioether (sulfide) groups is 1. The molecule has 1 aromatic heterocycles. The van der Waals surface area contributed by atoms with E-state index in [0.717, 1.165) is 22.5 Å². The fourth-order valence-corrected chi connectivity index (χ4v) is 3.31. The summed E-state index contributed by atoms with van der Waals surface area (Å²) in [6.07, 6.45) is 0. The van der Waals surface area contributed by atoms with Gasteiger partial charge in [0.2, 0.25) is 11.1 Å². The van der Waals surface area contributed by atoms with Crippen LogP contribution in [0.25, 0.3) is 5.69 Å². The number of carbonyl (C=O) groups is 1. The van der Waals surface area contributed by atoms with Crippen molar-refractivity contribution in [3.05, 3.63) is 59.2 Å². The van der Waals surface area contributed by atoms with Gasteiger partial charge in [0.25, 0.3) is 0 Å². The third kappa shape index (κ3) is 4.11. The van der Waals surface area contributed by atoms with Crippen molar-refractivity contribution in [1.82, 2.24) is 20.2 Å². The zero-order valence-corrected chi connectivity index (χ0v) is 16.0. The third-order valence-corrected chi connectivity index (χ3v) is 5.04. The molecule has 1 atom stereocenters. The molecule has 134 valence electrons. The zero-order chi connectivity index (χ0) is 18.7. The van der Waals surface area contributed by atoms with Crippen LogP contribution in [0.1, 0.15) is 23.6 Å². The van der Waals surface area contributed by atoms with Crippen molar-refractivity contribution in [2.45, 2.75) is 38.1 Å². The van der Waals surface area contributed by atoms with Gasteiger partial charge in [-0.15, -0.1) is 5.10 Å². The van der Waals surface area contributed by atoms with Crippen LogP contribution in [0.15, 0.2) is 47.6 Å². The Morgan fingerprint density at radius 1 is 1.08 bits per heavy atom. The van der Waals surface area contributed by atoms with Gasteiger partial charge in [-0.25, -0.2) is 0 Å². The van der Waals surface area contributed by atoms with Gasteiger partial charge in [0.15, 0.2) is 0 Å². The van der Waals surface area contributed by atoms with Gasteiger partial charge in [0, 0.05) is 5.69 Å². The number of hydrogen-bond acceptors (Lipinski definition) is 5. The Balaban J connectivity index is 1.72. The van der Waals surface area contributed by atoms with Crippen molar-refractivity contribution >= 4 is 23.4 Å². The lowest BCUT2D eigenvalue weighted by Crippen LogP contribution is -2.23. The Hall–Kier alpha value is -2.67.